The van der Waals surface area contributed by atoms with Gasteiger partial charge >= 0.3 is 6.18 Å². The summed E-state index contributed by atoms with van der Waals surface area (Å²) in [5.41, 5.74) is 0. The summed E-state index contributed by atoms with van der Waals surface area (Å²) >= 11 is 3.35. The number of alkyl halides is 5. The summed E-state index contributed by atoms with van der Waals surface area (Å²) in [4.78, 5) is -0.0939. The van der Waals surface area contributed by atoms with Crippen LogP contribution in [0.15, 0.2) is 0 Å². The van der Waals surface area contributed by atoms with Crippen molar-refractivity contribution in [2.45, 2.75) is 48.3 Å². The zero-order chi connectivity index (χ0) is 14.2. The van der Waals surface area contributed by atoms with Crippen LogP contribution in [0, 0.1) is 5.92 Å². The molecule has 1 saturated carbocycles. The topological polar surface area (TPSA) is 33.3 Å². The van der Waals surface area contributed by atoms with Gasteiger partial charge in [-0.15, -0.1) is 0 Å². The lowest BCUT2D eigenvalue weighted by Gasteiger charge is -2.38. The molecule has 0 spiro atoms. The highest BCUT2D eigenvalue weighted by Crippen LogP contribution is 2.36. The molecule has 1 aliphatic carbocycles. The van der Waals surface area contributed by atoms with Crippen molar-refractivity contribution in [3.8, 4) is 0 Å². The molecule has 8 heteroatoms. The van der Waals surface area contributed by atoms with Crippen molar-refractivity contribution in [1.82, 2.24) is 10.6 Å². The highest BCUT2D eigenvalue weighted by Gasteiger charge is 2.49. The molecule has 0 aromatic carbocycles. The maximum Gasteiger partial charge on any atom is 0.405 e. The fourth-order valence-corrected chi connectivity index (χ4v) is 3.58. The Morgan fingerprint density at radius 2 is 1.95 bits per heavy atom. The first-order chi connectivity index (χ1) is 8.84. The Bertz CT molecular complexity index is 318. The van der Waals surface area contributed by atoms with Gasteiger partial charge in [-0.2, -0.15) is 13.2 Å². The Hall–Kier alpha value is 0.0800. The van der Waals surface area contributed by atoms with Crippen LogP contribution in [0.25, 0.3) is 0 Å². The van der Waals surface area contributed by atoms with Crippen molar-refractivity contribution in [2.75, 3.05) is 13.7 Å². The molecule has 0 amide bonds. The van der Waals surface area contributed by atoms with Gasteiger partial charge in [-0.3, -0.25) is 10.6 Å². The zero-order valence-corrected chi connectivity index (χ0v) is 12.0. The van der Waals surface area contributed by atoms with Crippen LogP contribution in [0.2, 0.25) is 0 Å². The lowest BCUT2D eigenvalue weighted by Crippen LogP contribution is -2.53. The van der Waals surface area contributed by atoms with Gasteiger partial charge in [0, 0.05) is 24.4 Å². The number of methoxy groups -OCH3 is 1. The van der Waals surface area contributed by atoms with Crippen molar-refractivity contribution in [1.29, 1.82) is 0 Å². The molecule has 3 nitrogen and oxygen atoms in total. The van der Waals surface area contributed by atoms with E-state index in [9.17, 15) is 17.6 Å². The third-order valence-electron chi connectivity index (χ3n) is 3.87. The zero-order valence-electron chi connectivity index (χ0n) is 10.4. The van der Waals surface area contributed by atoms with Crippen LogP contribution in [0.1, 0.15) is 12.8 Å². The van der Waals surface area contributed by atoms with E-state index in [0.29, 0.717) is 12.8 Å². The van der Waals surface area contributed by atoms with E-state index < -0.39 is 36.6 Å². The summed E-state index contributed by atoms with van der Waals surface area (Å²) in [6.45, 7) is -0.215. The van der Waals surface area contributed by atoms with Crippen LogP contribution in [-0.4, -0.2) is 49.1 Å². The average molecular weight is 349 g/mol. The van der Waals surface area contributed by atoms with E-state index in [1.165, 1.54) is 7.11 Å². The summed E-state index contributed by atoms with van der Waals surface area (Å²) in [6.07, 6.45) is -5.67. The largest absolute Gasteiger partial charge is 0.405 e. The second-order valence-electron chi connectivity index (χ2n) is 5.05. The molecule has 6 unspecified atom stereocenters. The number of nitrogens with one attached hydrogen (secondary N) is 2. The van der Waals surface area contributed by atoms with Crippen molar-refractivity contribution in [3.05, 3.63) is 0 Å². The number of halogens is 5. The molecular weight excluding hydrogens is 332 g/mol. The maximum atomic E-state index is 14.3. The second kappa shape index (κ2) is 5.83. The predicted octanol–water partition coefficient (Wildman–Crippen LogP) is 1.96. The molecule has 19 heavy (non-hydrogen) atoms. The van der Waals surface area contributed by atoms with Crippen LogP contribution in [0.3, 0.4) is 0 Å². The summed E-state index contributed by atoms with van der Waals surface area (Å²) in [6, 6.07) is -1.60. The van der Waals surface area contributed by atoms with E-state index in [1.54, 1.807) is 0 Å². The molecule has 0 radical (unpaired) electrons. The maximum absolute atomic E-state index is 14.3. The molecule has 2 aliphatic rings. The molecule has 1 aliphatic heterocycles. The lowest BCUT2D eigenvalue weighted by atomic mass is 9.83. The quantitative estimate of drug-likeness (QED) is 0.591. The molecule has 0 bridgehead atoms. The van der Waals surface area contributed by atoms with Crippen molar-refractivity contribution in [2.24, 2.45) is 5.92 Å². The number of hydrogen-bond donors (Lipinski definition) is 2. The Morgan fingerprint density at radius 1 is 1.26 bits per heavy atom. The normalized spacial score (nSPS) is 44.5. The molecule has 2 N–H and O–H groups in total. The second-order valence-corrected chi connectivity index (χ2v) is 6.22. The van der Waals surface area contributed by atoms with Gasteiger partial charge in [-0.1, -0.05) is 15.9 Å². The van der Waals surface area contributed by atoms with Gasteiger partial charge in [0.1, 0.15) is 18.3 Å². The first-order valence-electron chi connectivity index (χ1n) is 6.21. The van der Waals surface area contributed by atoms with E-state index >= 15 is 0 Å². The number of rotatable bonds is 2. The molecule has 0 aromatic heterocycles. The van der Waals surface area contributed by atoms with E-state index in [1.807, 2.05) is 0 Å². The third kappa shape index (κ3) is 3.22. The smallest absolute Gasteiger partial charge is 0.377 e. The molecule has 6 atom stereocenters. The molecule has 1 heterocycles. The summed E-state index contributed by atoms with van der Waals surface area (Å²) < 4.78 is 57.1. The summed E-state index contributed by atoms with van der Waals surface area (Å²) in [5.74, 6) is -0.508. The predicted molar refractivity (Wildman–Crippen MR) is 65.9 cm³/mol. The SMILES string of the molecule is COC1C(Br)CCC(C2NCC(C(F)(F)F)N2)C1F. The number of hydrogen-bond acceptors (Lipinski definition) is 3. The minimum Gasteiger partial charge on any atom is -0.377 e. The Morgan fingerprint density at radius 3 is 2.47 bits per heavy atom. The van der Waals surface area contributed by atoms with E-state index in [2.05, 4.69) is 26.6 Å². The van der Waals surface area contributed by atoms with Crippen LogP contribution in [0.4, 0.5) is 17.6 Å². The van der Waals surface area contributed by atoms with Crippen LogP contribution in [-0.2, 0) is 4.74 Å². The Labute approximate surface area is 117 Å². The fourth-order valence-electron chi connectivity index (χ4n) is 2.81. The minimum absolute atomic E-state index is 0.0939. The van der Waals surface area contributed by atoms with E-state index in [0.717, 1.165) is 0 Å². The third-order valence-corrected chi connectivity index (χ3v) is 4.85. The van der Waals surface area contributed by atoms with Gasteiger partial charge in [0.2, 0.25) is 0 Å². The molecule has 2 rings (SSSR count). The first kappa shape index (κ1) is 15.5. The molecule has 112 valence electrons. The van der Waals surface area contributed by atoms with E-state index in [-0.39, 0.29) is 11.4 Å². The van der Waals surface area contributed by atoms with Gasteiger partial charge in [0.25, 0.3) is 0 Å². The highest BCUT2D eigenvalue weighted by molar-refractivity contribution is 9.09. The molecule has 1 saturated heterocycles. The Balaban J connectivity index is 1.99. The van der Waals surface area contributed by atoms with Crippen LogP contribution >= 0.6 is 15.9 Å². The molecule has 0 aromatic rings. The summed E-state index contributed by atoms with van der Waals surface area (Å²) in [5, 5.41) is 5.17. The van der Waals surface area contributed by atoms with Gasteiger partial charge < -0.3 is 4.74 Å². The Kier molecular flexibility index (Phi) is 4.75. The average Bonchev–Trinajstić information content (AvgIpc) is 2.78. The molecule has 2 fully saturated rings. The minimum atomic E-state index is -4.30. The first-order valence-corrected chi connectivity index (χ1v) is 7.13. The lowest BCUT2D eigenvalue weighted by molar-refractivity contribution is -0.150. The van der Waals surface area contributed by atoms with Gasteiger partial charge in [-0.25, -0.2) is 4.39 Å². The van der Waals surface area contributed by atoms with Gasteiger partial charge in [-0.05, 0) is 12.8 Å². The highest BCUT2D eigenvalue weighted by atomic mass is 79.9. The van der Waals surface area contributed by atoms with Crippen LogP contribution < -0.4 is 10.6 Å². The fraction of sp³-hybridized carbons (Fsp3) is 1.00. The van der Waals surface area contributed by atoms with Crippen LogP contribution in [0.5, 0.6) is 0 Å². The molecular formula is C11H17BrF4N2O. The van der Waals surface area contributed by atoms with E-state index in [4.69, 9.17) is 4.74 Å². The standard InChI is InChI=1S/C11H17BrF4N2O/c1-19-9-6(12)3-2-5(8(9)13)10-17-4-7(18-10)11(14,15)16/h5-10,17-18H,2-4H2,1H3. The van der Waals surface area contributed by atoms with Crippen molar-refractivity contribution >= 4 is 15.9 Å². The van der Waals surface area contributed by atoms with Gasteiger partial charge in [0.05, 0.1) is 6.17 Å². The van der Waals surface area contributed by atoms with Crippen molar-refractivity contribution < 1.29 is 22.3 Å². The monoisotopic (exact) mass is 348 g/mol. The van der Waals surface area contributed by atoms with Crippen molar-refractivity contribution in [3.63, 3.8) is 0 Å². The summed E-state index contributed by atoms with van der Waals surface area (Å²) in [7, 11) is 1.42. The number of ether oxygens (including phenoxy) is 1. The van der Waals surface area contributed by atoms with Gasteiger partial charge in [0.15, 0.2) is 0 Å².